The number of furan rings is 1. The largest absolute Gasteiger partial charge is 0.469 e. The highest BCUT2D eigenvalue weighted by atomic mass is 127. The van der Waals surface area contributed by atoms with Crippen molar-refractivity contribution in [3.63, 3.8) is 0 Å². The molecule has 0 amide bonds. The highest BCUT2D eigenvalue weighted by Gasteiger charge is 2.21. The third-order valence-electron chi connectivity index (χ3n) is 6.22. The minimum Gasteiger partial charge on any atom is -0.469 e. The van der Waals surface area contributed by atoms with Gasteiger partial charge in [-0.05, 0) is 61.9 Å². The van der Waals surface area contributed by atoms with E-state index in [1.165, 1.54) is 18.6 Å². The Balaban J connectivity index is 0.00000306. The maximum absolute atomic E-state index is 13.1. The predicted molar refractivity (Wildman–Crippen MR) is 140 cm³/mol. The fourth-order valence-electron chi connectivity index (χ4n) is 4.33. The van der Waals surface area contributed by atoms with Crippen LogP contribution in [0.2, 0.25) is 0 Å². The molecule has 1 aromatic heterocycles. The molecule has 2 N–H and O–H groups in total. The summed E-state index contributed by atoms with van der Waals surface area (Å²) in [5.41, 5.74) is 1.16. The second-order valence-corrected chi connectivity index (χ2v) is 8.76. The standard InChI is InChI=1S/C25H35FN4O2.HI/c26-21-8-6-20(7-9-21)19-30-14-11-22(12-15-30)29-25(27-13-10-23-5-3-17-31-23)28-18-24-4-1-2-16-32-24;/h3,5-9,17,22,24H,1-2,4,10-16,18-19H2,(H2,27,28,29);1H. The average Bonchev–Trinajstić information content (AvgIpc) is 3.34. The molecule has 8 heteroatoms. The predicted octanol–water partition coefficient (Wildman–Crippen LogP) is 4.35. The number of likely N-dealkylation sites (tertiary alicyclic amines) is 1. The van der Waals surface area contributed by atoms with Gasteiger partial charge in [-0.15, -0.1) is 24.0 Å². The van der Waals surface area contributed by atoms with Crippen molar-refractivity contribution in [1.29, 1.82) is 0 Å². The second kappa shape index (κ2) is 13.9. The molecule has 3 heterocycles. The lowest BCUT2D eigenvalue weighted by molar-refractivity contribution is 0.0224. The Morgan fingerprint density at radius 1 is 1.09 bits per heavy atom. The molecule has 2 aliphatic heterocycles. The van der Waals surface area contributed by atoms with Crippen LogP contribution in [-0.2, 0) is 17.7 Å². The maximum atomic E-state index is 13.1. The molecule has 1 aromatic carbocycles. The summed E-state index contributed by atoms with van der Waals surface area (Å²) in [4.78, 5) is 7.28. The van der Waals surface area contributed by atoms with E-state index < -0.39 is 0 Å². The van der Waals surface area contributed by atoms with Gasteiger partial charge in [-0.3, -0.25) is 9.89 Å². The number of nitrogens with one attached hydrogen (secondary N) is 2. The van der Waals surface area contributed by atoms with Crippen LogP contribution in [0.1, 0.15) is 43.4 Å². The quantitative estimate of drug-likeness (QED) is 0.281. The number of guanidine groups is 1. The lowest BCUT2D eigenvalue weighted by atomic mass is 10.0. The summed E-state index contributed by atoms with van der Waals surface area (Å²) in [6.07, 6.45) is 8.34. The number of piperidine rings is 1. The van der Waals surface area contributed by atoms with Crippen LogP contribution in [0.5, 0.6) is 0 Å². The molecule has 0 bridgehead atoms. The van der Waals surface area contributed by atoms with Crippen LogP contribution in [0.3, 0.4) is 0 Å². The summed E-state index contributed by atoms with van der Waals surface area (Å²) in [5.74, 6) is 1.66. The lowest BCUT2D eigenvalue weighted by Gasteiger charge is -2.33. The molecule has 1 unspecified atom stereocenters. The first kappa shape index (κ1) is 26.0. The minimum atomic E-state index is -0.179. The van der Waals surface area contributed by atoms with E-state index in [0.29, 0.717) is 12.6 Å². The Bertz CT molecular complexity index is 817. The van der Waals surface area contributed by atoms with Crippen LogP contribution in [-0.4, -0.2) is 55.8 Å². The highest BCUT2D eigenvalue weighted by molar-refractivity contribution is 14.0. The summed E-state index contributed by atoms with van der Waals surface area (Å²) in [7, 11) is 0. The van der Waals surface area contributed by atoms with Crippen LogP contribution >= 0.6 is 24.0 Å². The molecule has 0 saturated carbocycles. The number of halogens is 2. The molecule has 0 aliphatic carbocycles. The second-order valence-electron chi connectivity index (χ2n) is 8.76. The van der Waals surface area contributed by atoms with Crippen molar-refractivity contribution in [2.24, 2.45) is 4.99 Å². The number of aliphatic imine (C=N–C) groups is 1. The summed E-state index contributed by atoms with van der Waals surface area (Å²) in [6.45, 7) is 5.21. The summed E-state index contributed by atoms with van der Waals surface area (Å²) in [5, 5.41) is 7.12. The van der Waals surface area contributed by atoms with Gasteiger partial charge in [-0.25, -0.2) is 4.39 Å². The van der Waals surface area contributed by atoms with Gasteiger partial charge in [-0.1, -0.05) is 12.1 Å². The fraction of sp³-hybridized carbons (Fsp3) is 0.560. The lowest BCUT2D eigenvalue weighted by Crippen LogP contribution is -2.49. The Labute approximate surface area is 213 Å². The molecule has 0 radical (unpaired) electrons. The average molecular weight is 570 g/mol. The highest BCUT2D eigenvalue weighted by Crippen LogP contribution is 2.15. The molecule has 33 heavy (non-hydrogen) atoms. The van der Waals surface area contributed by atoms with Crippen molar-refractivity contribution in [2.45, 2.75) is 57.2 Å². The number of hydrogen-bond donors (Lipinski definition) is 2. The summed E-state index contributed by atoms with van der Waals surface area (Å²) >= 11 is 0. The van der Waals surface area contributed by atoms with E-state index in [0.717, 1.165) is 82.2 Å². The molecule has 2 saturated heterocycles. The molecular weight excluding hydrogens is 534 g/mol. The first-order chi connectivity index (χ1) is 15.7. The number of benzene rings is 1. The van der Waals surface area contributed by atoms with Gasteiger partial charge >= 0.3 is 0 Å². The van der Waals surface area contributed by atoms with Gasteiger partial charge in [0.15, 0.2) is 5.96 Å². The number of nitrogens with zero attached hydrogens (tertiary/aromatic N) is 2. The minimum absolute atomic E-state index is 0. The smallest absolute Gasteiger partial charge is 0.191 e. The van der Waals surface area contributed by atoms with Gasteiger partial charge < -0.3 is 19.8 Å². The van der Waals surface area contributed by atoms with Crippen molar-refractivity contribution >= 4 is 29.9 Å². The molecule has 2 fully saturated rings. The molecule has 182 valence electrons. The zero-order chi connectivity index (χ0) is 22.0. The van der Waals surface area contributed by atoms with Crippen LogP contribution in [0.4, 0.5) is 4.39 Å². The van der Waals surface area contributed by atoms with E-state index in [-0.39, 0.29) is 35.9 Å². The van der Waals surface area contributed by atoms with Crippen molar-refractivity contribution in [2.75, 3.05) is 32.8 Å². The van der Waals surface area contributed by atoms with Gasteiger partial charge in [0, 0.05) is 45.2 Å². The van der Waals surface area contributed by atoms with E-state index in [2.05, 4.69) is 15.5 Å². The van der Waals surface area contributed by atoms with Gasteiger partial charge in [0.1, 0.15) is 11.6 Å². The number of ether oxygens (including phenoxy) is 1. The molecule has 2 aliphatic rings. The molecular formula is C25H36FIN4O2. The zero-order valence-electron chi connectivity index (χ0n) is 19.2. The van der Waals surface area contributed by atoms with Gasteiger partial charge in [0.25, 0.3) is 0 Å². The van der Waals surface area contributed by atoms with E-state index in [9.17, 15) is 4.39 Å². The number of rotatable bonds is 8. The first-order valence-electron chi connectivity index (χ1n) is 11.9. The number of hydrogen-bond acceptors (Lipinski definition) is 4. The monoisotopic (exact) mass is 570 g/mol. The normalized spacial score (nSPS) is 20.3. The van der Waals surface area contributed by atoms with Crippen LogP contribution in [0, 0.1) is 5.82 Å². The Hall–Kier alpha value is -1.65. The van der Waals surface area contributed by atoms with E-state index in [1.807, 2.05) is 24.3 Å². The van der Waals surface area contributed by atoms with E-state index in [4.69, 9.17) is 14.1 Å². The Kier molecular flexibility index (Phi) is 10.9. The van der Waals surface area contributed by atoms with Crippen LogP contribution in [0.15, 0.2) is 52.1 Å². The topological polar surface area (TPSA) is 62.0 Å². The van der Waals surface area contributed by atoms with Gasteiger partial charge in [-0.2, -0.15) is 0 Å². The first-order valence-corrected chi connectivity index (χ1v) is 11.9. The van der Waals surface area contributed by atoms with Crippen LogP contribution in [0.25, 0.3) is 0 Å². The van der Waals surface area contributed by atoms with Crippen molar-refractivity contribution < 1.29 is 13.5 Å². The summed E-state index contributed by atoms with van der Waals surface area (Å²) < 4.78 is 24.4. The third kappa shape index (κ3) is 8.90. The molecule has 1 atom stereocenters. The van der Waals surface area contributed by atoms with Crippen LogP contribution < -0.4 is 10.6 Å². The fourth-order valence-corrected chi connectivity index (χ4v) is 4.33. The Morgan fingerprint density at radius 3 is 2.61 bits per heavy atom. The maximum Gasteiger partial charge on any atom is 0.191 e. The van der Waals surface area contributed by atoms with Gasteiger partial charge in [0.2, 0.25) is 0 Å². The summed E-state index contributed by atoms with van der Waals surface area (Å²) in [6, 6.07) is 11.1. The zero-order valence-corrected chi connectivity index (χ0v) is 21.5. The molecule has 4 rings (SSSR count). The van der Waals surface area contributed by atoms with Crippen molar-refractivity contribution in [3.05, 3.63) is 59.8 Å². The van der Waals surface area contributed by atoms with E-state index in [1.54, 1.807) is 6.26 Å². The SMILES string of the molecule is Fc1ccc(CN2CCC(NC(=NCC3CCCCO3)NCCc3ccco3)CC2)cc1.I. The third-order valence-corrected chi connectivity index (χ3v) is 6.22. The molecule has 6 nitrogen and oxygen atoms in total. The van der Waals surface area contributed by atoms with E-state index >= 15 is 0 Å². The molecule has 0 spiro atoms. The van der Waals surface area contributed by atoms with Crippen molar-refractivity contribution in [1.82, 2.24) is 15.5 Å². The Morgan fingerprint density at radius 2 is 1.91 bits per heavy atom. The van der Waals surface area contributed by atoms with Gasteiger partial charge in [0.05, 0.1) is 18.9 Å². The van der Waals surface area contributed by atoms with Crippen molar-refractivity contribution in [3.8, 4) is 0 Å². The molecule has 2 aromatic rings.